The lowest BCUT2D eigenvalue weighted by Crippen LogP contribution is -1.98. The fourth-order valence-electron chi connectivity index (χ4n) is 1.77. The van der Waals surface area contributed by atoms with Crippen LogP contribution in [0.1, 0.15) is 11.1 Å². The maximum Gasteiger partial charge on any atom is 0.131 e. The van der Waals surface area contributed by atoms with E-state index in [0.29, 0.717) is 16.1 Å². The van der Waals surface area contributed by atoms with Gasteiger partial charge in [0.2, 0.25) is 0 Å². The highest BCUT2D eigenvalue weighted by molar-refractivity contribution is 6.31. The minimum atomic E-state index is -0.459. The van der Waals surface area contributed by atoms with Crippen LogP contribution < -0.4 is 5.73 Å². The van der Waals surface area contributed by atoms with Gasteiger partial charge in [-0.2, -0.15) is 0 Å². The van der Waals surface area contributed by atoms with E-state index in [-0.39, 0.29) is 17.7 Å². The van der Waals surface area contributed by atoms with Gasteiger partial charge in [-0.05, 0) is 47.9 Å². The molecule has 2 aromatic rings. The molecule has 0 heterocycles. The number of benzene rings is 2. The smallest absolute Gasteiger partial charge is 0.131 e. The Morgan fingerprint density at radius 1 is 1.11 bits per heavy atom. The van der Waals surface area contributed by atoms with Crippen LogP contribution in [0.25, 0.3) is 11.1 Å². The number of hydrogen-bond acceptors (Lipinski definition) is 1. The van der Waals surface area contributed by atoms with E-state index < -0.39 is 11.6 Å². The molecule has 4 heteroatoms. The third-order valence-electron chi connectivity index (χ3n) is 2.82. The Morgan fingerprint density at radius 2 is 1.83 bits per heavy atom. The third kappa shape index (κ3) is 2.37. The lowest BCUT2D eigenvalue weighted by molar-refractivity contribution is 0.595. The van der Waals surface area contributed by atoms with Gasteiger partial charge < -0.3 is 5.73 Å². The Kier molecular flexibility index (Phi) is 3.64. The van der Waals surface area contributed by atoms with Crippen molar-refractivity contribution in [2.24, 2.45) is 5.73 Å². The Morgan fingerprint density at radius 3 is 2.50 bits per heavy atom. The van der Waals surface area contributed by atoms with Gasteiger partial charge in [0.1, 0.15) is 11.6 Å². The highest BCUT2D eigenvalue weighted by Gasteiger charge is 2.10. The fourth-order valence-corrected chi connectivity index (χ4v) is 1.96. The molecule has 0 fully saturated rings. The maximum atomic E-state index is 13.8. The predicted molar refractivity (Wildman–Crippen MR) is 69.4 cm³/mol. The summed E-state index contributed by atoms with van der Waals surface area (Å²) < 4.78 is 27.3. The van der Waals surface area contributed by atoms with Crippen molar-refractivity contribution in [3.8, 4) is 11.1 Å². The van der Waals surface area contributed by atoms with Crippen LogP contribution in [0.2, 0.25) is 5.02 Å². The lowest BCUT2D eigenvalue weighted by atomic mass is 10.0. The van der Waals surface area contributed by atoms with Crippen molar-refractivity contribution in [3.05, 3.63) is 58.1 Å². The summed E-state index contributed by atoms with van der Waals surface area (Å²) >= 11 is 5.93. The molecule has 0 aromatic heterocycles. The molecule has 0 bridgehead atoms. The summed E-state index contributed by atoms with van der Waals surface area (Å²) in [7, 11) is 0. The van der Waals surface area contributed by atoms with E-state index in [1.165, 1.54) is 19.1 Å². The molecule has 2 aromatic carbocycles. The second-order valence-electron chi connectivity index (χ2n) is 4.09. The standard InChI is InChI=1S/C14H12ClF2N/c1-8-4-14(17)11(6-13(8)16)9-2-3-12(15)10(5-9)7-18/h2-6H,7,18H2,1H3. The molecule has 0 saturated heterocycles. The molecule has 0 aliphatic rings. The van der Waals surface area contributed by atoms with Gasteiger partial charge in [0, 0.05) is 17.1 Å². The minimum absolute atomic E-state index is 0.212. The van der Waals surface area contributed by atoms with Crippen molar-refractivity contribution in [2.45, 2.75) is 13.5 Å². The first-order valence-electron chi connectivity index (χ1n) is 5.47. The minimum Gasteiger partial charge on any atom is -0.326 e. The summed E-state index contributed by atoms with van der Waals surface area (Å²) in [6.45, 7) is 1.78. The van der Waals surface area contributed by atoms with Crippen molar-refractivity contribution < 1.29 is 8.78 Å². The molecular formula is C14H12ClF2N. The Bertz CT molecular complexity index is 597. The summed E-state index contributed by atoms with van der Waals surface area (Å²) in [5.41, 5.74) is 7.30. The van der Waals surface area contributed by atoms with Crippen molar-refractivity contribution in [3.63, 3.8) is 0 Å². The van der Waals surface area contributed by atoms with Crippen LogP contribution in [0.3, 0.4) is 0 Å². The number of nitrogens with two attached hydrogens (primary N) is 1. The second kappa shape index (κ2) is 5.04. The molecule has 1 nitrogen and oxygen atoms in total. The van der Waals surface area contributed by atoms with Crippen LogP contribution in [0, 0.1) is 18.6 Å². The molecule has 94 valence electrons. The number of rotatable bonds is 2. The van der Waals surface area contributed by atoms with Crippen molar-refractivity contribution in [2.75, 3.05) is 0 Å². The Hall–Kier alpha value is -1.45. The predicted octanol–water partition coefficient (Wildman–Crippen LogP) is 4.05. The van der Waals surface area contributed by atoms with E-state index in [0.717, 1.165) is 0 Å². The first kappa shape index (κ1) is 13.0. The quantitative estimate of drug-likeness (QED) is 0.873. The molecular weight excluding hydrogens is 256 g/mol. The summed E-state index contributed by atoms with van der Waals surface area (Å²) in [5, 5.41) is 0.522. The monoisotopic (exact) mass is 267 g/mol. The summed E-state index contributed by atoms with van der Waals surface area (Å²) in [4.78, 5) is 0. The summed E-state index contributed by atoms with van der Waals surface area (Å²) in [6.07, 6.45) is 0. The van der Waals surface area contributed by atoms with Crippen LogP contribution in [0.5, 0.6) is 0 Å². The second-order valence-corrected chi connectivity index (χ2v) is 4.50. The fraction of sp³-hybridized carbons (Fsp3) is 0.143. The van der Waals surface area contributed by atoms with E-state index >= 15 is 0 Å². The number of halogens is 3. The zero-order chi connectivity index (χ0) is 13.3. The molecule has 2 rings (SSSR count). The molecule has 0 spiro atoms. The van der Waals surface area contributed by atoms with Crippen molar-refractivity contribution >= 4 is 11.6 Å². The SMILES string of the molecule is Cc1cc(F)c(-c2ccc(Cl)c(CN)c2)cc1F. The average Bonchev–Trinajstić information content (AvgIpc) is 2.35. The van der Waals surface area contributed by atoms with E-state index in [9.17, 15) is 8.78 Å². The number of aryl methyl sites for hydroxylation is 1. The van der Waals surface area contributed by atoms with Gasteiger partial charge in [-0.3, -0.25) is 0 Å². The molecule has 0 amide bonds. The van der Waals surface area contributed by atoms with E-state index in [2.05, 4.69) is 0 Å². The zero-order valence-electron chi connectivity index (χ0n) is 9.81. The summed E-state index contributed by atoms with van der Waals surface area (Å²) in [5.74, 6) is -0.894. The first-order chi connectivity index (χ1) is 8.52. The first-order valence-corrected chi connectivity index (χ1v) is 5.85. The number of hydrogen-bond donors (Lipinski definition) is 1. The van der Waals surface area contributed by atoms with Crippen LogP contribution in [0.15, 0.2) is 30.3 Å². The van der Waals surface area contributed by atoms with Crippen LogP contribution in [-0.4, -0.2) is 0 Å². The van der Waals surface area contributed by atoms with Crippen molar-refractivity contribution in [1.29, 1.82) is 0 Å². The van der Waals surface area contributed by atoms with Crippen LogP contribution >= 0.6 is 11.6 Å². The molecule has 18 heavy (non-hydrogen) atoms. The van der Waals surface area contributed by atoms with Gasteiger partial charge in [-0.1, -0.05) is 17.7 Å². The highest BCUT2D eigenvalue weighted by Crippen LogP contribution is 2.28. The zero-order valence-corrected chi connectivity index (χ0v) is 10.6. The van der Waals surface area contributed by atoms with Gasteiger partial charge >= 0.3 is 0 Å². The molecule has 0 atom stereocenters. The van der Waals surface area contributed by atoms with Gasteiger partial charge in [0.25, 0.3) is 0 Å². The molecule has 0 saturated carbocycles. The Balaban J connectivity index is 2.58. The van der Waals surface area contributed by atoms with Gasteiger partial charge in [-0.25, -0.2) is 8.78 Å². The van der Waals surface area contributed by atoms with Crippen LogP contribution in [-0.2, 0) is 6.54 Å². The molecule has 2 N–H and O–H groups in total. The average molecular weight is 268 g/mol. The third-order valence-corrected chi connectivity index (χ3v) is 3.19. The molecule has 0 unspecified atom stereocenters. The molecule has 0 aliphatic heterocycles. The van der Waals surface area contributed by atoms with Gasteiger partial charge in [-0.15, -0.1) is 0 Å². The molecule has 0 radical (unpaired) electrons. The highest BCUT2D eigenvalue weighted by atomic mass is 35.5. The normalized spacial score (nSPS) is 10.7. The van der Waals surface area contributed by atoms with E-state index in [1.54, 1.807) is 18.2 Å². The van der Waals surface area contributed by atoms with Gasteiger partial charge in [0.15, 0.2) is 0 Å². The summed E-state index contributed by atoms with van der Waals surface area (Å²) in [6, 6.07) is 7.33. The van der Waals surface area contributed by atoms with E-state index in [4.69, 9.17) is 17.3 Å². The van der Waals surface area contributed by atoms with Crippen LogP contribution in [0.4, 0.5) is 8.78 Å². The van der Waals surface area contributed by atoms with Gasteiger partial charge in [0.05, 0.1) is 0 Å². The lowest BCUT2D eigenvalue weighted by Gasteiger charge is -2.08. The van der Waals surface area contributed by atoms with Crippen molar-refractivity contribution in [1.82, 2.24) is 0 Å². The molecule has 0 aliphatic carbocycles. The Labute approximate surface area is 109 Å². The maximum absolute atomic E-state index is 13.8. The topological polar surface area (TPSA) is 26.0 Å². The van der Waals surface area contributed by atoms with E-state index in [1.807, 2.05) is 0 Å². The largest absolute Gasteiger partial charge is 0.326 e.